The highest BCUT2D eigenvalue weighted by Gasteiger charge is 2.30. The summed E-state index contributed by atoms with van der Waals surface area (Å²) in [6.45, 7) is 2.25. The monoisotopic (exact) mass is 410 g/mol. The highest BCUT2D eigenvalue weighted by molar-refractivity contribution is 9.10. The van der Waals surface area contributed by atoms with Crippen LogP contribution in [0.4, 0.5) is 0 Å². The van der Waals surface area contributed by atoms with Gasteiger partial charge in [0.25, 0.3) is 0 Å². The Morgan fingerprint density at radius 3 is 2.38 bits per heavy atom. The fourth-order valence-electron chi connectivity index (χ4n) is 2.69. The lowest BCUT2D eigenvalue weighted by Gasteiger charge is -2.32. The van der Waals surface area contributed by atoms with E-state index < -0.39 is 0 Å². The number of ether oxygens (including phenoxy) is 1. The molecule has 0 saturated heterocycles. The molecule has 1 atom stereocenters. The summed E-state index contributed by atoms with van der Waals surface area (Å²) < 4.78 is 6.62. The highest BCUT2D eigenvalue weighted by Crippen LogP contribution is 2.37. The Kier molecular flexibility index (Phi) is 5.88. The van der Waals surface area contributed by atoms with Crippen molar-refractivity contribution in [2.75, 3.05) is 12.4 Å². The fourth-order valence-corrected chi connectivity index (χ4v) is 4.02. The van der Waals surface area contributed by atoms with Gasteiger partial charge in [0, 0.05) is 15.2 Å². The van der Waals surface area contributed by atoms with E-state index in [1.807, 2.05) is 12.1 Å². The first-order chi connectivity index (χ1) is 10.1. The molecule has 0 aliphatic rings. The molecule has 0 saturated carbocycles. The van der Waals surface area contributed by atoms with E-state index in [1.165, 1.54) is 11.1 Å². The molecule has 0 spiro atoms. The number of benzene rings is 2. The summed E-state index contributed by atoms with van der Waals surface area (Å²) in [5.74, 6) is 0.952. The minimum Gasteiger partial charge on any atom is -0.496 e. The SMILES string of the molecule is CCC(CBr)(Cc1cc(Br)ccc1OC)c1ccccc1. The van der Waals surface area contributed by atoms with Gasteiger partial charge in [-0.1, -0.05) is 69.1 Å². The molecule has 0 fully saturated rings. The molecule has 3 heteroatoms. The Morgan fingerprint density at radius 2 is 1.81 bits per heavy atom. The number of hydrogen-bond acceptors (Lipinski definition) is 1. The van der Waals surface area contributed by atoms with Crippen LogP contribution in [0.5, 0.6) is 5.75 Å². The molecule has 0 radical (unpaired) electrons. The van der Waals surface area contributed by atoms with Crippen molar-refractivity contribution in [2.24, 2.45) is 0 Å². The Morgan fingerprint density at radius 1 is 1.10 bits per heavy atom. The van der Waals surface area contributed by atoms with E-state index in [9.17, 15) is 0 Å². The van der Waals surface area contributed by atoms with E-state index in [1.54, 1.807) is 7.11 Å². The van der Waals surface area contributed by atoms with Crippen molar-refractivity contribution in [1.29, 1.82) is 0 Å². The molecular formula is C18H20Br2O. The van der Waals surface area contributed by atoms with Crippen LogP contribution in [0.25, 0.3) is 0 Å². The van der Waals surface area contributed by atoms with Gasteiger partial charge in [0.15, 0.2) is 0 Å². The van der Waals surface area contributed by atoms with Crippen LogP contribution in [-0.2, 0) is 11.8 Å². The van der Waals surface area contributed by atoms with Crippen LogP contribution in [-0.4, -0.2) is 12.4 Å². The molecule has 112 valence electrons. The summed E-state index contributed by atoms with van der Waals surface area (Å²) in [6.07, 6.45) is 2.01. The second-order valence-corrected chi connectivity index (χ2v) is 6.74. The average Bonchev–Trinajstić information content (AvgIpc) is 2.54. The van der Waals surface area contributed by atoms with Crippen LogP contribution < -0.4 is 4.74 Å². The summed E-state index contributed by atoms with van der Waals surface area (Å²) >= 11 is 7.31. The normalized spacial score (nSPS) is 13.7. The first-order valence-corrected chi connectivity index (χ1v) is 9.00. The standard InChI is InChI=1S/C18H20Br2O/c1-3-18(13-19,15-7-5-4-6-8-15)12-14-11-16(20)9-10-17(14)21-2/h4-11H,3,12-13H2,1-2H3. The van der Waals surface area contributed by atoms with Gasteiger partial charge >= 0.3 is 0 Å². The summed E-state index contributed by atoms with van der Waals surface area (Å²) in [5.41, 5.74) is 2.68. The first kappa shape index (κ1) is 16.6. The molecular weight excluding hydrogens is 392 g/mol. The van der Waals surface area contributed by atoms with E-state index in [0.29, 0.717) is 0 Å². The van der Waals surface area contributed by atoms with Crippen LogP contribution in [0.1, 0.15) is 24.5 Å². The summed E-state index contributed by atoms with van der Waals surface area (Å²) in [4.78, 5) is 0. The van der Waals surface area contributed by atoms with Gasteiger partial charge in [0.2, 0.25) is 0 Å². The van der Waals surface area contributed by atoms with Gasteiger partial charge in [-0.2, -0.15) is 0 Å². The molecule has 2 rings (SSSR count). The maximum atomic E-state index is 5.53. The predicted molar refractivity (Wildman–Crippen MR) is 96.6 cm³/mol. The predicted octanol–water partition coefficient (Wildman–Crippen LogP) is 5.74. The minimum atomic E-state index is 0.0787. The smallest absolute Gasteiger partial charge is 0.122 e. The van der Waals surface area contributed by atoms with Crippen molar-refractivity contribution in [1.82, 2.24) is 0 Å². The number of halogens is 2. The molecule has 0 bridgehead atoms. The van der Waals surface area contributed by atoms with E-state index in [2.05, 4.69) is 75.2 Å². The van der Waals surface area contributed by atoms with Crippen LogP contribution in [0.3, 0.4) is 0 Å². The van der Waals surface area contributed by atoms with E-state index in [4.69, 9.17) is 4.74 Å². The van der Waals surface area contributed by atoms with Crippen LogP contribution in [0.2, 0.25) is 0 Å². The Balaban J connectivity index is 2.44. The van der Waals surface area contributed by atoms with E-state index in [-0.39, 0.29) is 5.41 Å². The Labute approximate surface area is 144 Å². The molecule has 1 nitrogen and oxygen atoms in total. The lowest BCUT2D eigenvalue weighted by atomic mass is 9.75. The molecule has 0 N–H and O–H groups in total. The zero-order valence-electron chi connectivity index (χ0n) is 12.4. The van der Waals surface area contributed by atoms with Crippen molar-refractivity contribution < 1.29 is 4.74 Å². The molecule has 2 aromatic carbocycles. The quantitative estimate of drug-likeness (QED) is 0.550. The number of alkyl halides is 1. The molecule has 0 aliphatic carbocycles. The number of hydrogen-bond donors (Lipinski definition) is 0. The fraction of sp³-hybridized carbons (Fsp3) is 0.333. The minimum absolute atomic E-state index is 0.0787. The van der Waals surface area contributed by atoms with Gasteiger partial charge in [-0.25, -0.2) is 0 Å². The third kappa shape index (κ3) is 3.70. The first-order valence-electron chi connectivity index (χ1n) is 7.09. The topological polar surface area (TPSA) is 9.23 Å². The molecule has 2 aromatic rings. The molecule has 21 heavy (non-hydrogen) atoms. The van der Waals surface area contributed by atoms with Gasteiger partial charge in [-0.15, -0.1) is 0 Å². The second kappa shape index (κ2) is 7.46. The zero-order chi connectivity index (χ0) is 15.3. The van der Waals surface area contributed by atoms with Gasteiger partial charge in [-0.3, -0.25) is 0 Å². The number of methoxy groups -OCH3 is 1. The largest absolute Gasteiger partial charge is 0.496 e. The third-order valence-electron chi connectivity index (χ3n) is 4.09. The van der Waals surface area contributed by atoms with Crippen LogP contribution in [0.15, 0.2) is 53.0 Å². The average molecular weight is 412 g/mol. The van der Waals surface area contributed by atoms with Crippen molar-refractivity contribution in [3.63, 3.8) is 0 Å². The Bertz CT molecular complexity index is 577. The van der Waals surface area contributed by atoms with Crippen LogP contribution >= 0.6 is 31.9 Å². The van der Waals surface area contributed by atoms with Crippen molar-refractivity contribution in [3.05, 3.63) is 64.1 Å². The summed E-state index contributed by atoms with van der Waals surface area (Å²) in [6, 6.07) is 16.9. The van der Waals surface area contributed by atoms with E-state index in [0.717, 1.165) is 28.4 Å². The molecule has 0 aliphatic heterocycles. The lowest BCUT2D eigenvalue weighted by Crippen LogP contribution is -2.30. The lowest BCUT2D eigenvalue weighted by molar-refractivity contribution is 0.396. The molecule has 0 heterocycles. The van der Waals surface area contributed by atoms with Gasteiger partial charge < -0.3 is 4.74 Å². The molecule has 0 amide bonds. The number of rotatable bonds is 6. The van der Waals surface area contributed by atoms with Crippen molar-refractivity contribution in [3.8, 4) is 5.75 Å². The van der Waals surface area contributed by atoms with Crippen molar-refractivity contribution in [2.45, 2.75) is 25.2 Å². The maximum absolute atomic E-state index is 5.53. The highest BCUT2D eigenvalue weighted by atomic mass is 79.9. The summed E-state index contributed by atoms with van der Waals surface area (Å²) in [7, 11) is 1.73. The maximum Gasteiger partial charge on any atom is 0.122 e. The van der Waals surface area contributed by atoms with E-state index >= 15 is 0 Å². The van der Waals surface area contributed by atoms with Gasteiger partial charge in [0.05, 0.1) is 7.11 Å². The molecule has 1 unspecified atom stereocenters. The summed E-state index contributed by atoms with van der Waals surface area (Å²) in [5, 5.41) is 0.927. The van der Waals surface area contributed by atoms with Gasteiger partial charge in [-0.05, 0) is 42.2 Å². The zero-order valence-corrected chi connectivity index (χ0v) is 15.6. The van der Waals surface area contributed by atoms with Gasteiger partial charge in [0.1, 0.15) is 5.75 Å². The Hall–Kier alpha value is -0.800. The molecule has 0 aromatic heterocycles. The van der Waals surface area contributed by atoms with Crippen LogP contribution in [0, 0.1) is 0 Å². The second-order valence-electron chi connectivity index (χ2n) is 5.27. The van der Waals surface area contributed by atoms with Crippen molar-refractivity contribution >= 4 is 31.9 Å². The third-order valence-corrected chi connectivity index (χ3v) is 5.66.